The Hall–Kier alpha value is -0.610. The standard InChI is InChI=1S/C12H22N2O2/c1-9(13)10-4-6-14(7-5-10)12(15)11-3-2-8-16-11/h9-11H,2-8,13H2,1H3/t9?,11-/m1/s1. The van der Waals surface area contributed by atoms with Gasteiger partial charge in [-0.15, -0.1) is 0 Å². The maximum Gasteiger partial charge on any atom is 0.251 e. The minimum absolute atomic E-state index is 0.160. The van der Waals surface area contributed by atoms with Crippen molar-refractivity contribution in [2.75, 3.05) is 19.7 Å². The molecule has 4 heteroatoms. The number of rotatable bonds is 2. The molecule has 0 aromatic carbocycles. The molecule has 1 amide bonds. The smallest absolute Gasteiger partial charge is 0.251 e. The summed E-state index contributed by atoms with van der Waals surface area (Å²) in [5.74, 6) is 0.772. The third-order valence-electron chi connectivity index (χ3n) is 3.80. The molecular weight excluding hydrogens is 204 g/mol. The fourth-order valence-corrected chi connectivity index (χ4v) is 2.62. The van der Waals surface area contributed by atoms with Gasteiger partial charge in [-0.05, 0) is 38.5 Å². The molecule has 2 saturated heterocycles. The van der Waals surface area contributed by atoms with E-state index >= 15 is 0 Å². The Morgan fingerprint density at radius 3 is 2.56 bits per heavy atom. The largest absolute Gasteiger partial charge is 0.368 e. The summed E-state index contributed by atoms with van der Waals surface area (Å²) in [4.78, 5) is 14.0. The van der Waals surface area contributed by atoms with Crippen LogP contribution in [-0.4, -0.2) is 42.6 Å². The van der Waals surface area contributed by atoms with Crippen LogP contribution in [0.25, 0.3) is 0 Å². The summed E-state index contributed by atoms with van der Waals surface area (Å²) in [5.41, 5.74) is 5.88. The number of carbonyl (C=O) groups excluding carboxylic acids is 1. The Labute approximate surface area is 97.1 Å². The second-order valence-electron chi connectivity index (χ2n) is 5.02. The summed E-state index contributed by atoms with van der Waals surface area (Å²) in [6.45, 7) is 4.50. The number of amides is 1. The van der Waals surface area contributed by atoms with Gasteiger partial charge in [-0.1, -0.05) is 0 Å². The highest BCUT2D eigenvalue weighted by Gasteiger charge is 2.31. The van der Waals surface area contributed by atoms with Gasteiger partial charge in [-0.25, -0.2) is 0 Å². The summed E-state index contributed by atoms with van der Waals surface area (Å²) in [5, 5.41) is 0. The maximum atomic E-state index is 12.0. The van der Waals surface area contributed by atoms with Crippen LogP contribution in [0.4, 0.5) is 0 Å². The first-order valence-electron chi connectivity index (χ1n) is 6.34. The summed E-state index contributed by atoms with van der Waals surface area (Å²) >= 11 is 0. The van der Waals surface area contributed by atoms with E-state index < -0.39 is 0 Å². The van der Waals surface area contributed by atoms with E-state index in [1.807, 2.05) is 4.90 Å². The first-order valence-corrected chi connectivity index (χ1v) is 6.34. The van der Waals surface area contributed by atoms with Gasteiger partial charge < -0.3 is 15.4 Å². The number of likely N-dealkylation sites (tertiary alicyclic amines) is 1. The van der Waals surface area contributed by atoms with E-state index in [2.05, 4.69) is 6.92 Å². The summed E-state index contributed by atoms with van der Waals surface area (Å²) < 4.78 is 5.43. The van der Waals surface area contributed by atoms with Crippen molar-refractivity contribution < 1.29 is 9.53 Å². The normalized spacial score (nSPS) is 29.4. The molecule has 2 aliphatic heterocycles. The molecule has 2 heterocycles. The predicted octanol–water partition coefficient (Wildman–Crippen LogP) is 0.751. The van der Waals surface area contributed by atoms with Crippen LogP contribution < -0.4 is 5.73 Å². The maximum absolute atomic E-state index is 12.0. The van der Waals surface area contributed by atoms with Gasteiger partial charge >= 0.3 is 0 Å². The van der Waals surface area contributed by atoms with Crippen molar-refractivity contribution >= 4 is 5.91 Å². The molecule has 0 spiro atoms. The van der Waals surface area contributed by atoms with E-state index in [4.69, 9.17) is 10.5 Å². The van der Waals surface area contributed by atoms with Gasteiger partial charge in [0.25, 0.3) is 5.91 Å². The second-order valence-corrected chi connectivity index (χ2v) is 5.02. The first-order chi connectivity index (χ1) is 7.68. The predicted molar refractivity (Wildman–Crippen MR) is 61.9 cm³/mol. The zero-order valence-corrected chi connectivity index (χ0v) is 10.0. The number of ether oxygens (including phenoxy) is 1. The van der Waals surface area contributed by atoms with Gasteiger partial charge in [-0.2, -0.15) is 0 Å². The molecule has 2 aliphatic rings. The van der Waals surface area contributed by atoms with Crippen LogP contribution in [0.5, 0.6) is 0 Å². The van der Waals surface area contributed by atoms with E-state index in [0.717, 1.165) is 45.4 Å². The fraction of sp³-hybridized carbons (Fsp3) is 0.917. The molecule has 0 radical (unpaired) electrons. The highest BCUT2D eigenvalue weighted by molar-refractivity contribution is 5.81. The molecule has 2 rings (SSSR count). The van der Waals surface area contributed by atoms with Crippen LogP contribution >= 0.6 is 0 Å². The van der Waals surface area contributed by atoms with E-state index in [1.54, 1.807) is 0 Å². The van der Waals surface area contributed by atoms with Gasteiger partial charge in [0.2, 0.25) is 0 Å². The van der Waals surface area contributed by atoms with Crippen molar-refractivity contribution in [3.63, 3.8) is 0 Å². The third-order valence-corrected chi connectivity index (χ3v) is 3.80. The molecule has 2 fully saturated rings. The van der Waals surface area contributed by atoms with Gasteiger partial charge in [0, 0.05) is 25.7 Å². The summed E-state index contributed by atoms with van der Waals surface area (Å²) in [6.07, 6.45) is 3.83. The minimum atomic E-state index is -0.160. The molecule has 4 nitrogen and oxygen atoms in total. The van der Waals surface area contributed by atoms with E-state index in [9.17, 15) is 4.79 Å². The number of hydrogen-bond acceptors (Lipinski definition) is 3. The molecule has 1 unspecified atom stereocenters. The molecule has 2 N–H and O–H groups in total. The van der Waals surface area contributed by atoms with Crippen molar-refractivity contribution in [3.05, 3.63) is 0 Å². The lowest BCUT2D eigenvalue weighted by Gasteiger charge is -2.34. The molecule has 0 aromatic heterocycles. The van der Waals surface area contributed by atoms with E-state index in [-0.39, 0.29) is 18.1 Å². The lowest BCUT2D eigenvalue weighted by atomic mass is 9.91. The highest BCUT2D eigenvalue weighted by atomic mass is 16.5. The Morgan fingerprint density at radius 2 is 2.06 bits per heavy atom. The van der Waals surface area contributed by atoms with Gasteiger partial charge in [0.05, 0.1) is 0 Å². The summed E-state index contributed by atoms with van der Waals surface area (Å²) in [6, 6.07) is 0.250. The molecule has 2 atom stereocenters. The van der Waals surface area contributed by atoms with Crippen molar-refractivity contribution in [2.24, 2.45) is 11.7 Å². The van der Waals surface area contributed by atoms with E-state index in [1.165, 1.54) is 0 Å². The Bertz CT molecular complexity index is 241. The molecule has 0 aliphatic carbocycles. The zero-order chi connectivity index (χ0) is 11.5. The van der Waals surface area contributed by atoms with Crippen LogP contribution in [0.1, 0.15) is 32.6 Å². The van der Waals surface area contributed by atoms with Gasteiger partial charge in [0.1, 0.15) is 6.10 Å². The average molecular weight is 226 g/mol. The van der Waals surface area contributed by atoms with Gasteiger partial charge in [-0.3, -0.25) is 4.79 Å². The monoisotopic (exact) mass is 226 g/mol. The first kappa shape index (κ1) is 11.9. The van der Waals surface area contributed by atoms with Crippen molar-refractivity contribution in [3.8, 4) is 0 Å². The highest BCUT2D eigenvalue weighted by Crippen LogP contribution is 2.22. The number of piperidine rings is 1. The molecule has 16 heavy (non-hydrogen) atoms. The van der Waals surface area contributed by atoms with Crippen LogP contribution in [-0.2, 0) is 9.53 Å². The third kappa shape index (κ3) is 2.55. The number of nitrogens with zero attached hydrogens (tertiary/aromatic N) is 1. The molecule has 92 valence electrons. The van der Waals surface area contributed by atoms with Crippen molar-refractivity contribution in [2.45, 2.75) is 44.8 Å². The van der Waals surface area contributed by atoms with E-state index in [0.29, 0.717) is 5.92 Å². The minimum Gasteiger partial charge on any atom is -0.368 e. The van der Waals surface area contributed by atoms with Crippen LogP contribution in [0.15, 0.2) is 0 Å². The lowest BCUT2D eigenvalue weighted by molar-refractivity contribution is -0.142. The van der Waals surface area contributed by atoms with Crippen LogP contribution in [0, 0.1) is 5.92 Å². The average Bonchev–Trinajstić information content (AvgIpc) is 2.81. The van der Waals surface area contributed by atoms with Crippen LogP contribution in [0.2, 0.25) is 0 Å². The van der Waals surface area contributed by atoms with Crippen LogP contribution in [0.3, 0.4) is 0 Å². The van der Waals surface area contributed by atoms with Crippen molar-refractivity contribution in [1.29, 1.82) is 0 Å². The number of hydrogen-bond donors (Lipinski definition) is 1. The fourth-order valence-electron chi connectivity index (χ4n) is 2.62. The topological polar surface area (TPSA) is 55.6 Å². The summed E-state index contributed by atoms with van der Waals surface area (Å²) in [7, 11) is 0. The number of carbonyl (C=O) groups is 1. The molecule has 0 aromatic rings. The Balaban J connectivity index is 1.81. The molecule has 0 saturated carbocycles. The Morgan fingerprint density at radius 1 is 1.38 bits per heavy atom. The molecule has 0 bridgehead atoms. The lowest BCUT2D eigenvalue weighted by Crippen LogP contribution is -2.46. The Kier molecular flexibility index (Phi) is 3.82. The SMILES string of the molecule is CC(N)C1CCN(C(=O)[C@H]2CCCO2)CC1. The quantitative estimate of drug-likeness (QED) is 0.756. The van der Waals surface area contributed by atoms with Gasteiger partial charge in [0.15, 0.2) is 0 Å². The van der Waals surface area contributed by atoms with Crippen molar-refractivity contribution in [1.82, 2.24) is 4.90 Å². The molecular formula is C12H22N2O2. The second kappa shape index (κ2) is 5.15. The number of nitrogens with two attached hydrogens (primary N) is 1. The zero-order valence-electron chi connectivity index (χ0n) is 10.0.